The first-order valence-electron chi connectivity index (χ1n) is 11.2. The first-order chi connectivity index (χ1) is 17.9. The molecule has 0 N–H and O–H groups in total. The average molecular weight is 546 g/mol. The van der Waals surface area contributed by atoms with Crippen molar-refractivity contribution in [3.8, 4) is 11.5 Å². The monoisotopic (exact) mass is 545 g/mol. The molecule has 0 aliphatic rings. The molecule has 14 heteroatoms. The molecule has 3 heterocycles. The summed E-state index contributed by atoms with van der Waals surface area (Å²) in [6.45, 7) is 6.06. The summed E-state index contributed by atoms with van der Waals surface area (Å²) >= 11 is 2.10. The van der Waals surface area contributed by atoms with Gasteiger partial charge in [0.25, 0.3) is 16.3 Å². The predicted octanol–water partition coefficient (Wildman–Crippen LogP) is 3.10. The lowest BCUT2D eigenvalue weighted by Gasteiger charge is -2.11. The summed E-state index contributed by atoms with van der Waals surface area (Å²) in [4.78, 5) is 36.5. The summed E-state index contributed by atoms with van der Waals surface area (Å²) in [6.07, 6.45) is 1.59. The first-order valence-corrected chi connectivity index (χ1v) is 13.2. The Labute approximate surface area is 219 Å². The minimum absolute atomic E-state index is 0.00426. The Kier molecular flexibility index (Phi) is 8.61. The maximum atomic E-state index is 13.3. The van der Waals surface area contributed by atoms with Gasteiger partial charge in [0.2, 0.25) is 11.3 Å². The minimum Gasteiger partial charge on any atom is -0.465 e. The summed E-state index contributed by atoms with van der Waals surface area (Å²) in [5.74, 6) is -0.436. The summed E-state index contributed by atoms with van der Waals surface area (Å²) in [5, 5.41) is 16.8. The number of pyridine rings is 1. The minimum atomic E-state index is -0.407. The molecule has 0 spiro atoms. The van der Waals surface area contributed by atoms with Crippen LogP contribution in [0.25, 0.3) is 22.4 Å². The number of nitrogens with zero attached hydrogens (tertiary/aromatic N) is 5. The van der Waals surface area contributed by atoms with Crippen LogP contribution in [0.5, 0.6) is 0 Å². The molecule has 0 aliphatic heterocycles. The second kappa shape index (κ2) is 12.1. The number of rotatable bonds is 11. The van der Waals surface area contributed by atoms with Crippen molar-refractivity contribution >= 4 is 46.4 Å². The summed E-state index contributed by atoms with van der Waals surface area (Å²) in [6, 6.07) is 5.50. The molecule has 0 fully saturated rings. The molecule has 3 aromatic heterocycles. The zero-order chi connectivity index (χ0) is 26.4. The Morgan fingerprint density at radius 2 is 1.59 bits per heavy atom. The fourth-order valence-electron chi connectivity index (χ4n) is 3.32. The Balaban J connectivity index is 1.62. The molecule has 0 atom stereocenters. The average Bonchev–Trinajstić information content (AvgIpc) is 3.53. The molecule has 0 bridgehead atoms. The summed E-state index contributed by atoms with van der Waals surface area (Å²) < 4.78 is 22.9. The Bertz CT molecular complexity index is 1480. The first kappa shape index (κ1) is 26.4. The lowest BCUT2D eigenvalue weighted by molar-refractivity contribution is -0.140. The quantitative estimate of drug-likeness (QED) is 0.200. The zero-order valence-corrected chi connectivity index (χ0v) is 21.9. The molecule has 0 amide bonds. The highest BCUT2D eigenvalue weighted by atomic mass is 32.2. The molecule has 0 saturated carbocycles. The van der Waals surface area contributed by atoms with Crippen molar-refractivity contribution in [2.45, 2.75) is 37.8 Å². The Morgan fingerprint density at radius 3 is 2.27 bits per heavy atom. The van der Waals surface area contributed by atoms with Crippen LogP contribution in [0.3, 0.4) is 0 Å². The molecule has 4 rings (SSSR count). The summed E-state index contributed by atoms with van der Waals surface area (Å²) in [7, 11) is 0. The van der Waals surface area contributed by atoms with Gasteiger partial charge in [-0.05, 0) is 32.9 Å². The van der Waals surface area contributed by atoms with E-state index in [9.17, 15) is 14.4 Å². The van der Waals surface area contributed by atoms with E-state index in [2.05, 4.69) is 20.4 Å². The van der Waals surface area contributed by atoms with Crippen molar-refractivity contribution in [2.75, 3.05) is 24.7 Å². The predicted molar refractivity (Wildman–Crippen MR) is 134 cm³/mol. The van der Waals surface area contributed by atoms with Crippen LogP contribution in [0.2, 0.25) is 0 Å². The van der Waals surface area contributed by atoms with Gasteiger partial charge in [-0.15, -0.1) is 20.4 Å². The number of fused-ring (bicyclic) bond motifs is 1. The number of benzene rings is 1. The number of carbonyl (C=O) groups is 2. The number of esters is 2. The molecular weight excluding hydrogens is 522 g/mol. The van der Waals surface area contributed by atoms with Gasteiger partial charge in [-0.1, -0.05) is 35.2 Å². The van der Waals surface area contributed by atoms with Crippen molar-refractivity contribution in [2.24, 2.45) is 0 Å². The Hall–Kier alpha value is -3.65. The number of aromatic nitrogens is 5. The lowest BCUT2D eigenvalue weighted by atomic mass is 10.1. The van der Waals surface area contributed by atoms with E-state index in [-0.39, 0.29) is 63.8 Å². The van der Waals surface area contributed by atoms with Crippen LogP contribution in [0.15, 0.2) is 48.5 Å². The number of thioether (sulfide) groups is 2. The third kappa shape index (κ3) is 6.57. The number of hydrogen-bond donors (Lipinski definition) is 0. The third-order valence-corrected chi connectivity index (χ3v) is 6.45. The standard InChI is InChI=1S/C23H23N5O7S2/c1-4-32-18(29)11-36-22-26-24-17(34-22)10-28-9-15(20(31)14-8-13(3)6-7-16(14)28)21-25-27-23(35-21)37-12-19(30)33-5-2/h6-9H,4-5,10-12H2,1-3H3. The molecular formula is C23H23N5O7S2. The molecule has 0 aliphatic carbocycles. The third-order valence-electron chi connectivity index (χ3n) is 4.86. The second-order valence-corrected chi connectivity index (χ2v) is 9.40. The molecule has 0 saturated heterocycles. The van der Waals surface area contributed by atoms with Gasteiger partial charge in [0.05, 0.1) is 18.7 Å². The van der Waals surface area contributed by atoms with Gasteiger partial charge in [0.15, 0.2) is 0 Å². The maximum absolute atomic E-state index is 13.3. The van der Waals surface area contributed by atoms with Crippen molar-refractivity contribution in [1.82, 2.24) is 25.0 Å². The number of hydrogen-bond acceptors (Lipinski definition) is 13. The lowest BCUT2D eigenvalue weighted by Crippen LogP contribution is -2.13. The van der Waals surface area contributed by atoms with Crippen LogP contribution in [0, 0.1) is 6.92 Å². The maximum Gasteiger partial charge on any atom is 0.316 e. The smallest absolute Gasteiger partial charge is 0.316 e. The summed E-state index contributed by atoms with van der Waals surface area (Å²) in [5.41, 5.74) is 1.46. The zero-order valence-electron chi connectivity index (χ0n) is 20.3. The van der Waals surface area contributed by atoms with Crippen LogP contribution in [0.4, 0.5) is 0 Å². The number of ether oxygens (including phenoxy) is 2. The van der Waals surface area contributed by atoms with Gasteiger partial charge < -0.3 is 22.9 Å². The SMILES string of the molecule is CCOC(=O)CSc1nnc(Cn2cc(-c3nnc(SCC(=O)OCC)o3)c(=O)c3cc(C)ccc32)o1. The molecule has 194 valence electrons. The molecule has 4 aromatic rings. The van der Waals surface area contributed by atoms with Gasteiger partial charge in [-0.25, -0.2) is 0 Å². The van der Waals surface area contributed by atoms with Gasteiger partial charge in [0, 0.05) is 11.6 Å². The van der Waals surface area contributed by atoms with E-state index < -0.39 is 5.97 Å². The molecule has 37 heavy (non-hydrogen) atoms. The fourth-order valence-corrected chi connectivity index (χ4v) is 4.46. The van der Waals surface area contributed by atoms with Crippen LogP contribution < -0.4 is 5.43 Å². The molecule has 1 aromatic carbocycles. The van der Waals surface area contributed by atoms with Gasteiger partial charge in [-0.3, -0.25) is 14.4 Å². The van der Waals surface area contributed by atoms with Crippen molar-refractivity contribution in [1.29, 1.82) is 0 Å². The topological polar surface area (TPSA) is 152 Å². The van der Waals surface area contributed by atoms with Crippen molar-refractivity contribution < 1.29 is 27.9 Å². The molecule has 12 nitrogen and oxygen atoms in total. The van der Waals surface area contributed by atoms with E-state index in [1.54, 1.807) is 30.7 Å². The van der Waals surface area contributed by atoms with Crippen LogP contribution in [0.1, 0.15) is 25.3 Å². The van der Waals surface area contributed by atoms with Gasteiger partial charge in [-0.2, -0.15) is 0 Å². The van der Waals surface area contributed by atoms with Crippen molar-refractivity contribution in [3.05, 3.63) is 46.1 Å². The molecule has 0 unspecified atom stereocenters. The Morgan fingerprint density at radius 1 is 0.946 bits per heavy atom. The van der Waals surface area contributed by atoms with E-state index in [0.29, 0.717) is 17.5 Å². The largest absolute Gasteiger partial charge is 0.465 e. The van der Waals surface area contributed by atoms with Gasteiger partial charge >= 0.3 is 11.9 Å². The van der Waals surface area contributed by atoms with Crippen molar-refractivity contribution in [3.63, 3.8) is 0 Å². The molecule has 0 radical (unpaired) electrons. The van der Waals surface area contributed by atoms with E-state index >= 15 is 0 Å². The van der Waals surface area contributed by atoms with Crippen LogP contribution in [-0.4, -0.2) is 61.6 Å². The van der Waals surface area contributed by atoms with E-state index in [1.807, 2.05) is 19.1 Å². The number of aryl methyl sites for hydroxylation is 1. The van der Waals surface area contributed by atoms with E-state index in [4.69, 9.17) is 18.3 Å². The highest BCUT2D eigenvalue weighted by molar-refractivity contribution is 7.99. The number of carbonyl (C=O) groups excluding carboxylic acids is 2. The highest BCUT2D eigenvalue weighted by Crippen LogP contribution is 2.25. The second-order valence-electron chi connectivity index (χ2n) is 7.54. The van der Waals surface area contributed by atoms with Gasteiger partial charge in [0.1, 0.15) is 23.6 Å². The van der Waals surface area contributed by atoms with E-state index in [0.717, 1.165) is 29.1 Å². The fraction of sp³-hybridized carbons (Fsp3) is 0.348. The highest BCUT2D eigenvalue weighted by Gasteiger charge is 2.19. The van der Waals surface area contributed by atoms with E-state index in [1.165, 1.54) is 0 Å². The van der Waals surface area contributed by atoms with Crippen LogP contribution >= 0.6 is 23.5 Å². The van der Waals surface area contributed by atoms with Crippen LogP contribution in [-0.2, 0) is 25.6 Å². The normalized spacial score (nSPS) is 11.1.